The summed E-state index contributed by atoms with van der Waals surface area (Å²) in [5.41, 5.74) is 1.38. The third-order valence-corrected chi connectivity index (χ3v) is 6.16. The molecule has 0 N–H and O–H groups in total. The molecule has 0 bridgehead atoms. The summed E-state index contributed by atoms with van der Waals surface area (Å²) in [5, 5.41) is 13.7. The van der Waals surface area contributed by atoms with Crippen LogP contribution in [0.15, 0.2) is 53.9 Å². The molecule has 0 spiro atoms. The van der Waals surface area contributed by atoms with E-state index in [-0.39, 0.29) is 30.1 Å². The molecule has 1 atom stereocenters. The van der Waals surface area contributed by atoms with Gasteiger partial charge in [-0.05, 0) is 12.1 Å². The summed E-state index contributed by atoms with van der Waals surface area (Å²) < 4.78 is 5.09. The lowest BCUT2D eigenvalue weighted by Gasteiger charge is -2.12. The van der Waals surface area contributed by atoms with Crippen molar-refractivity contribution in [3.8, 4) is 11.3 Å². The van der Waals surface area contributed by atoms with E-state index >= 15 is 0 Å². The van der Waals surface area contributed by atoms with E-state index in [0.717, 1.165) is 11.6 Å². The van der Waals surface area contributed by atoms with Crippen molar-refractivity contribution < 1.29 is 24.0 Å². The lowest BCUT2D eigenvalue weighted by Crippen LogP contribution is -2.27. The molecule has 4 rings (SSSR count). The van der Waals surface area contributed by atoms with Gasteiger partial charge >= 0.3 is 5.97 Å². The fourth-order valence-electron chi connectivity index (χ4n) is 3.32. The van der Waals surface area contributed by atoms with E-state index in [1.807, 2.05) is 17.5 Å². The van der Waals surface area contributed by atoms with E-state index in [2.05, 4.69) is 4.98 Å². The van der Waals surface area contributed by atoms with Gasteiger partial charge in [-0.25, -0.2) is 4.98 Å². The SMILES string of the molecule is O=C(COC(=O)C1CC(=O)N(c2nc(-c3ccc(Cl)cc3)cs2)C1)c1cccc([N+](=O)[O-])c1. The Balaban J connectivity index is 1.36. The molecule has 1 saturated heterocycles. The number of amides is 1. The van der Waals surface area contributed by atoms with Crippen LogP contribution in [0.3, 0.4) is 0 Å². The van der Waals surface area contributed by atoms with Crippen LogP contribution in [0.1, 0.15) is 16.8 Å². The van der Waals surface area contributed by atoms with E-state index in [4.69, 9.17) is 16.3 Å². The molecule has 1 aromatic heterocycles. The minimum atomic E-state index is -0.738. The maximum absolute atomic E-state index is 12.5. The van der Waals surface area contributed by atoms with Gasteiger partial charge in [-0.1, -0.05) is 35.9 Å². The number of benzene rings is 2. The van der Waals surface area contributed by atoms with Crippen molar-refractivity contribution in [3.63, 3.8) is 0 Å². The fourth-order valence-corrected chi connectivity index (χ4v) is 4.31. The summed E-state index contributed by atoms with van der Waals surface area (Å²) in [6.07, 6.45) is -0.0559. The quantitative estimate of drug-likeness (QED) is 0.213. The number of nitro benzene ring substituents is 1. The smallest absolute Gasteiger partial charge is 0.311 e. The molecular weight excluding hydrogens is 470 g/mol. The van der Waals surface area contributed by atoms with E-state index in [0.29, 0.717) is 15.8 Å². The van der Waals surface area contributed by atoms with Gasteiger partial charge in [-0.15, -0.1) is 11.3 Å². The van der Waals surface area contributed by atoms with E-state index in [1.165, 1.54) is 34.4 Å². The molecule has 2 aromatic carbocycles. The lowest BCUT2D eigenvalue weighted by atomic mass is 10.1. The van der Waals surface area contributed by atoms with Crippen molar-refractivity contribution in [1.82, 2.24) is 4.98 Å². The Morgan fingerprint density at radius 2 is 2.00 bits per heavy atom. The van der Waals surface area contributed by atoms with Crippen LogP contribution in [0.2, 0.25) is 5.02 Å². The van der Waals surface area contributed by atoms with Gasteiger partial charge in [0.15, 0.2) is 11.7 Å². The highest BCUT2D eigenvalue weighted by Crippen LogP contribution is 2.32. The molecule has 0 radical (unpaired) electrons. The van der Waals surface area contributed by atoms with Gasteiger partial charge in [-0.3, -0.25) is 29.4 Å². The standard InChI is InChI=1S/C22H16ClN3O6S/c23-16-6-4-13(5-7-16)18-12-33-22(24-18)25-10-15(9-20(25)28)21(29)32-11-19(27)14-2-1-3-17(8-14)26(30)31/h1-8,12,15H,9-11H2. The number of carbonyl (C=O) groups is 3. The number of nitro groups is 1. The number of halogens is 1. The molecule has 1 amide bonds. The van der Waals surface area contributed by atoms with Crippen molar-refractivity contribution in [2.24, 2.45) is 5.92 Å². The highest BCUT2D eigenvalue weighted by atomic mass is 35.5. The van der Waals surface area contributed by atoms with Crippen molar-refractivity contribution in [2.45, 2.75) is 6.42 Å². The molecule has 1 aliphatic rings. The number of rotatable bonds is 7. The molecule has 3 aromatic rings. The van der Waals surface area contributed by atoms with Gasteiger partial charge in [0.1, 0.15) is 0 Å². The number of esters is 1. The topological polar surface area (TPSA) is 120 Å². The summed E-state index contributed by atoms with van der Waals surface area (Å²) in [6.45, 7) is -0.473. The van der Waals surface area contributed by atoms with Gasteiger partial charge in [0.25, 0.3) is 5.69 Å². The molecule has 1 unspecified atom stereocenters. The normalized spacial score (nSPS) is 15.5. The van der Waals surface area contributed by atoms with E-state index < -0.39 is 29.2 Å². The first-order valence-electron chi connectivity index (χ1n) is 9.78. The minimum Gasteiger partial charge on any atom is -0.457 e. The number of hydrogen-bond donors (Lipinski definition) is 0. The van der Waals surface area contributed by atoms with Crippen molar-refractivity contribution in [1.29, 1.82) is 0 Å². The molecule has 2 heterocycles. The average molecular weight is 486 g/mol. The second kappa shape index (κ2) is 9.47. The molecule has 0 aliphatic carbocycles. The number of Topliss-reactive ketones (excluding diaryl/α,β-unsaturated/α-hetero) is 1. The van der Waals surface area contributed by atoms with Gasteiger partial charge in [0.2, 0.25) is 11.7 Å². The molecular formula is C22H16ClN3O6S. The van der Waals surface area contributed by atoms with Crippen LogP contribution in [0.5, 0.6) is 0 Å². The number of anilines is 1. The van der Waals surface area contributed by atoms with Gasteiger partial charge in [-0.2, -0.15) is 0 Å². The van der Waals surface area contributed by atoms with Crippen molar-refractivity contribution in [3.05, 3.63) is 74.6 Å². The molecule has 9 nitrogen and oxygen atoms in total. The lowest BCUT2D eigenvalue weighted by molar-refractivity contribution is -0.384. The van der Waals surface area contributed by atoms with E-state index in [1.54, 1.807) is 12.1 Å². The van der Waals surface area contributed by atoms with Gasteiger partial charge in [0.05, 0.1) is 16.5 Å². The van der Waals surface area contributed by atoms with Crippen LogP contribution < -0.4 is 4.90 Å². The molecule has 168 valence electrons. The van der Waals surface area contributed by atoms with Gasteiger partial charge < -0.3 is 4.74 Å². The number of aromatic nitrogens is 1. The highest BCUT2D eigenvalue weighted by Gasteiger charge is 2.37. The number of ether oxygens (including phenoxy) is 1. The number of thiazole rings is 1. The van der Waals surface area contributed by atoms with E-state index in [9.17, 15) is 24.5 Å². The third-order valence-electron chi connectivity index (χ3n) is 5.05. The molecule has 33 heavy (non-hydrogen) atoms. The predicted molar refractivity (Wildman–Crippen MR) is 121 cm³/mol. The van der Waals surface area contributed by atoms with Crippen LogP contribution in [-0.4, -0.2) is 40.7 Å². The first kappa shape index (κ1) is 22.6. The van der Waals surface area contributed by atoms with Crippen molar-refractivity contribution in [2.75, 3.05) is 18.1 Å². The Labute approximate surface area is 196 Å². The summed E-state index contributed by atoms with van der Waals surface area (Å²) in [5.74, 6) is -2.25. The maximum Gasteiger partial charge on any atom is 0.311 e. The second-order valence-corrected chi connectivity index (χ2v) is 8.54. The summed E-state index contributed by atoms with van der Waals surface area (Å²) in [4.78, 5) is 53.3. The zero-order chi connectivity index (χ0) is 23.5. The molecule has 1 aliphatic heterocycles. The predicted octanol–water partition coefficient (Wildman–Crippen LogP) is 4.15. The number of nitrogens with zero attached hydrogens (tertiary/aromatic N) is 3. The Bertz CT molecular complexity index is 1240. The Kier molecular flexibility index (Phi) is 6.47. The number of ketones is 1. The molecule has 0 saturated carbocycles. The number of carbonyl (C=O) groups excluding carboxylic acids is 3. The van der Waals surface area contributed by atoms with Crippen LogP contribution in [-0.2, 0) is 14.3 Å². The third kappa shape index (κ3) is 5.07. The monoisotopic (exact) mass is 485 g/mol. The highest BCUT2D eigenvalue weighted by molar-refractivity contribution is 7.14. The van der Waals surface area contributed by atoms with Crippen LogP contribution in [0.4, 0.5) is 10.8 Å². The fraction of sp³-hybridized carbons (Fsp3) is 0.182. The number of non-ortho nitro benzene ring substituents is 1. The van der Waals surface area contributed by atoms with Gasteiger partial charge in [0, 0.05) is 46.6 Å². The summed E-state index contributed by atoms with van der Waals surface area (Å²) in [6, 6.07) is 12.3. The largest absolute Gasteiger partial charge is 0.457 e. The average Bonchev–Trinajstić information content (AvgIpc) is 3.44. The molecule has 11 heteroatoms. The summed E-state index contributed by atoms with van der Waals surface area (Å²) in [7, 11) is 0. The first-order chi connectivity index (χ1) is 15.8. The first-order valence-corrected chi connectivity index (χ1v) is 11.0. The maximum atomic E-state index is 12.5. The zero-order valence-electron chi connectivity index (χ0n) is 17.0. The summed E-state index contributed by atoms with van der Waals surface area (Å²) >= 11 is 7.19. The Morgan fingerprint density at radius 3 is 2.73 bits per heavy atom. The molecule has 1 fully saturated rings. The minimum absolute atomic E-state index is 0.0559. The zero-order valence-corrected chi connectivity index (χ0v) is 18.5. The second-order valence-electron chi connectivity index (χ2n) is 7.27. The van der Waals surface area contributed by atoms with Crippen LogP contribution >= 0.6 is 22.9 Å². The van der Waals surface area contributed by atoms with Crippen LogP contribution in [0.25, 0.3) is 11.3 Å². The Morgan fingerprint density at radius 1 is 1.24 bits per heavy atom. The number of hydrogen-bond acceptors (Lipinski definition) is 8. The van der Waals surface area contributed by atoms with Crippen LogP contribution in [0, 0.1) is 16.0 Å². The van der Waals surface area contributed by atoms with Crippen molar-refractivity contribution >= 4 is 51.4 Å². The Hall–Kier alpha value is -3.63.